The van der Waals surface area contributed by atoms with Gasteiger partial charge in [-0.2, -0.15) is 0 Å². The number of para-hydroxylation sites is 1. The van der Waals surface area contributed by atoms with Crippen LogP contribution in [0.2, 0.25) is 0 Å². The van der Waals surface area contributed by atoms with Gasteiger partial charge in [0.05, 0.1) is 16.5 Å². The number of pyridine rings is 1. The molecule has 0 saturated carbocycles. The van der Waals surface area contributed by atoms with Crippen molar-refractivity contribution in [3.8, 4) is 11.3 Å². The Morgan fingerprint density at radius 2 is 1.15 bits per heavy atom. The van der Waals surface area contributed by atoms with Gasteiger partial charge in [0.15, 0.2) is 12.6 Å². The van der Waals surface area contributed by atoms with Crippen LogP contribution in [0.1, 0.15) is 11.3 Å². The molecule has 0 aliphatic carbocycles. The minimum Gasteiger partial charge on any atom is -0.146 e. The fraction of sp³-hybridized carbons (Fsp3) is 0.0312. The van der Waals surface area contributed by atoms with E-state index >= 15 is 0 Å². The molecule has 0 N–H and O–H groups in total. The molecule has 5 aromatic carbocycles. The van der Waals surface area contributed by atoms with Gasteiger partial charge in [0.1, 0.15) is 10.6 Å². The largest absolute Gasteiger partial charge is 0.298 e. The second-order valence-electron chi connectivity index (χ2n) is 9.36. The highest BCUT2D eigenvalue weighted by Gasteiger charge is 2.69. The molecule has 0 amide bonds. The first-order chi connectivity index (χ1) is 16.9. The van der Waals surface area contributed by atoms with Crippen molar-refractivity contribution in [2.45, 2.75) is 5.78 Å². The van der Waals surface area contributed by atoms with Crippen molar-refractivity contribution in [3.05, 3.63) is 133 Å². The van der Waals surface area contributed by atoms with Gasteiger partial charge >= 0.3 is 0 Å². The number of rotatable bonds is 2. The zero-order valence-corrected chi connectivity index (χ0v) is 19.5. The van der Waals surface area contributed by atoms with Crippen molar-refractivity contribution in [2.24, 2.45) is 0 Å². The molecule has 0 spiro atoms. The minimum absolute atomic E-state index is 0.271. The number of fused-ring (bicyclic) bond motifs is 4. The lowest BCUT2D eigenvalue weighted by molar-refractivity contribution is -0.647. The van der Waals surface area contributed by atoms with Crippen LogP contribution in [0.3, 0.4) is 0 Å². The Bertz CT molecular complexity index is 1720. The van der Waals surface area contributed by atoms with Gasteiger partial charge in [-0.25, -0.2) is 0 Å². The Morgan fingerprint density at radius 1 is 0.529 bits per heavy atom. The lowest BCUT2D eigenvalue weighted by Gasteiger charge is -2.24. The molecule has 1 aromatic heterocycles. The summed E-state index contributed by atoms with van der Waals surface area (Å²) in [6.07, 6.45) is 0. The third-order valence-electron chi connectivity index (χ3n) is 7.76. The van der Waals surface area contributed by atoms with Gasteiger partial charge < -0.3 is 0 Å². The van der Waals surface area contributed by atoms with Crippen LogP contribution in [0.5, 0.6) is 0 Å². The minimum atomic E-state index is -2.01. The number of benzene rings is 5. The van der Waals surface area contributed by atoms with Crippen LogP contribution < -0.4 is 20.5 Å². The summed E-state index contributed by atoms with van der Waals surface area (Å²) in [7, 11) is -2.01. The molecule has 6 aromatic rings. The molecular weight excluding hydrogens is 429 g/mol. The van der Waals surface area contributed by atoms with E-state index < -0.39 is 7.26 Å². The predicted molar refractivity (Wildman–Crippen MR) is 144 cm³/mol. The first kappa shape index (κ1) is 18.6. The first-order valence-corrected chi connectivity index (χ1v) is 13.7. The molecule has 0 saturated heterocycles. The van der Waals surface area contributed by atoms with E-state index in [1.807, 2.05) is 0 Å². The van der Waals surface area contributed by atoms with Gasteiger partial charge in [0.2, 0.25) is 5.69 Å². The van der Waals surface area contributed by atoms with Crippen molar-refractivity contribution in [1.29, 1.82) is 0 Å². The molecule has 2 aliphatic rings. The molecule has 2 aliphatic heterocycles. The van der Waals surface area contributed by atoms with E-state index in [9.17, 15) is 0 Å². The zero-order chi connectivity index (χ0) is 22.3. The second-order valence-corrected chi connectivity index (χ2v) is 12.8. The van der Waals surface area contributed by atoms with Gasteiger partial charge in [-0.1, -0.05) is 66.7 Å². The molecule has 0 radical (unpaired) electrons. The predicted octanol–water partition coefficient (Wildman–Crippen LogP) is 6.12. The summed E-state index contributed by atoms with van der Waals surface area (Å²) >= 11 is 0. The van der Waals surface area contributed by atoms with Crippen LogP contribution in [0.15, 0.2) is 127 Å². The van der Waals surface area contributed by atoms with Gasteiger partial charge in [-0.3, -0.25) is 0 Å². The van der Waals surface area contributed by atoms with Gasteiger partial charge in [0.25, 0.3) is 11.3 Å². The standard InChI is InChI=1S/C32H22NP/c1-3-13-25(14-4-1)34(26-15-5-2-6-16-26)30-17-9-12-22-18-19-29-27-20-23-10-7-8-11-24(23)21-28(27)32(34)33(29)31(22)30/h1-21,32H/q+2. The van der Waals surface area contributed by atoms with Crippen LogP contribution in [0.4, 0.5) is 0 Å². The van der Waals surface area contributed by atoms with Gasteiger partial charge in [0, 0.05) is 6.07 Å². The highest BCUT2D eigenvalue weighted by atomic mass is 31.2. The van der Waals surface area contributed by atoms with E-state index in [2.05, 4.69) is 132 Å². The summed E-state index contributed by atoms with van der Waals surface area (Å²) in [5.41, 5.74) is 5.60. The fourth-order valence-electron chi connectivity index (χ4n) is 6.46. The normalized spacial score (nSPS) is 16.8. The highest BCUT2D eigenvalue weighted by Crippen LogP contribution is 2.71. The summed E-state index contributed by atoms with van der Waals surface area (Å²) in [6, 6.07) is 47.9. The van der Waals surface area contributed by atoms with Crippen molar-refractivity contribution in [1.82, 2.24) is 0 Å². The monoisotopic (exact) mass is 451 g/mol. The lowest BCUT2D eigenvalue weighted by atomic mass is 10.0. The molecule has 0 bridgehead atoms. The van der Waals surface area contributed by atoms with Crippen LogP contribution in [-0.2, 0) is 0 Å². The van der Waals surface area contributed by atoms with Crippen molar-refractivity contribution in [3.63, 3.8) is 0 Å². The third kappa shape index (κ3) is 2.16. The van der Waals surface area contributed by atoms with Gasteiger partial charge in [-0.05, 0) is 65.4 Å². The lowest BCUT2D eigenvalue weighted by Crippen LogP contribution is -2.40. The summed E-state index contributed by atoms with van der Waals surface area (Å²) in [5, 5.41) is 8.38. The van der Waals surface area contributed by atoms with E-state index in [0.717, 1.165) is 0 Å². The quantitative estimate of drug-likeness (QED) is 0.221. The van der Waals surface area contributed by atoms with Crippen molar-refractivity contribution < 1.29 is 4.57 Å². The van der Waals surface area contributed by atoms with Gasteiger partial charge in [-0.15, -0.1) is 4.57 Å². The molecule has 2 heteroatoms. The average molecular weight is 452 g/mol. The van der Waals surface area contributed by atoms with E-state index in [1.54, 1.807) is 0 Å². The molecule has 34 heavy (non-hydrogen) atoms. The molecule has 1 nitrogen and oxygen atoms in total. The molecular formula is C32H22NP+2. The third-order valence-corrected chi connectivity index (χ3v) is 12.3. The topological polar surface area (TPSA) is 3.88 Å². The van der Waals surface area contributed by atoms with Crippen molar-refractivity contribution >= 4 is 44.9 Å². The maximum absolute atomic E-state index is 2.68. The number of aromatic nitrogens is 1. The molecule has 1 unspecified atom stereocenters. The molecule has 8 rings (SSSR count). The SMILES string of the molecule is c1ccc([P+]2(c3ccccc3)c3cccc4ccc5[n+](c34)C2c2cc3ccccc3cc2-5)cc1. The number of nitrogens with zero attached hydrogens (tertiary/aromatic N) is 1. The Morgan fingerprint density at radius 3 is 1.85 bits per heavy atom. The zero-order valence-electron chi connectivity index (χ0n) is 18.6. The molecule has 1 atom stereocenters. The summed E-state index contributed by atoms with van der Waals surface area (Å²) in [5.74, 6) is 0.271. The van der Waals surface area contributed by atoms with E-state index in [4.69, 9.17) is 0 Å². The summed E-state index contributed by atoms with van der Waals surface area (Å²) in [4.78, 5) is 0. The van der Waals surface area contributed by atoms with Crippen LogP contribution in [0.25, 0.3) is 32.9 Å². The fourth-order valence-corrected chi connectivity index (χ4v) is 11.5. The summed E-state index contributed by atoms with van der Waals surface area (Å²) in [6.45, 7) is 0. The smallest absolute Gasteiger partial charge is 0.146 e. The molecule has 0 fully saturated rings. The number of hydrogen-bond acceptors (Lipinski definition) is 0. The summed E-state index contributed by atoms with van der Waals surface area (Å²) < 4.78 is 2.68. The van der Waals surface area contributed by atoms with Crippen LogP contribution >= 0.6 is 7.26 Å². The molecule has 158 valence electrons. The Labute approximate surface area is 199 Å². The Kier molecular flexibility index (Phi) is 3.63. The highest BCUT2D eigenvalue weighted by molar-refractivity contribution is 7.96. The van der Waals surface area contributed by atoms with E-state index in [1.165, 1.54) is 54.4 Å². The van der Waals surface area contributed by atoms with Crippen LogP contribution in [-0.4, -0.2) is 0 Å². The van der Waals surface area contributed by atoms with E-state index in [-0.39, 0.29) is 5.78 Å². The maximum Gasteiger partial charge on any atom is 0.298 e. The van der Waals surface area contributed by atoms with E-state index in [0.29, 0.717) is 0 Å². The number of hydrogen-bond donors (Lipinski definition) is 0. The second kappa shape index (κ2) is 6.63. The average Bonchev–Trinajstić information content (AvgIpc) is 3.40. The molecule has 3 heterocycles. The maximum atomic E-state index is 2.68. The first-order valence-electron chi connectivity index (χ1n) is 11.9. The van der Waals surface area contributed by atoms with Crippen LogP contribution in [0, 0.1) is 0 Å². The Balaban J connectivity index is 1.60. The van der Waals surface area contributed by atoms with Crippen molar-refractivity contribution in [2.75, 3.05) is 0 Å². The Hall–Kier alpha value is -3.80.